The molecule has 11 heteroatoms. The van der Waals surface area contributed by atoms with Crippen LogP contribution in [-0.4, -0.2) is 44.3 Å². The number of nitrogens with zero attached hydrogens (tertiary/aromatic N) is 1. The van der Waals surface area contributed by atoms with Gasteiger partial charge in [-0.15, -0.1) is 0 Å². The first kappa shape index (κ1) is 28.0. The van der Waals surface area contributed by atoms with Gasteiger partial charge in [0.15, 0.2) is 18.1 Å². The summed E-state index contributed by atoms with van der Waals surface area (Å²) in [6.45, 7) is 3.87. The van der Waals surface area contributed by atoms with Gasteiger partial charge < -0.3 is 24.8 Å². The van der Waals surface area contributed by atoms with Gasteiger partial charge >= 0.3 is 11.8 Å². The molecule has 38 heavy (non-hydrogen) atoms. The molecule has 0 aliphatic rings. The monoisotopic (exact) mass is 538 g/mol. The number of methoxy groups -OCH3 is 1. The molecular formula is C27H27ClN4O6. The molecule has 3 aromatic carbocycles. The van der Waals surface area contributed by atoms with Crippen LogP contribution < -0.4 is 30.3 Å². The van der Waals surface area contributed by atoms with Gasteiger partial charge in [0.1, 0.15) is 5.75 Å². The van der Waals surface area contributed by atoms with Crippen LogP contribution in [-0.2, 0) is 14.4 Å². The Labute approximate surface area is 224 Å². The Morgan fingerprint density at radius 2 is 1.68 bits per heavy atom. The summed E-state index contributed by atoms with van der Waals surface area (Å²) >= 11 is 6.34. The van der Waals surface area contributed by atoms with Crippen molar-refractivity contribution in [2.75, 3.05) is 31.0 Å². The van der Waals surface area contributed by atoms with E-state index in [2.05, 4.69) is 21.2 Å². The maximum Gasteiger partial charge on any atom is 0.329 e. The van der Waals surface area contributed by atoms with Crippen LogP contribution in [0.2, 0.25) is 5.02 Å². The van der Waals surface area contributed by atoms with Crippen molar-refractivity contribution in [3.63, 3.8) is 0 Å². The second kappa shape index (κ2) is 13.7. The van der Waals surface area contributed by atoms with Gasteiger partial charge in [-0.3, -0.25) is 14.4 Å². The zero-order valence-electron chi connectivity index (χ0n) is 21.0. The highest BCUT2D eigenvalue weighted by molar-refractivity contribution is 6.39. The molecule has 0 saturated carbocycles. The molecule has 0 bridgehead atoms. The van der Waals surface area contributed by atoms with Crippen molar-refractivity contribution in [1.82, 2.24) is 5.43 Å². The smallest absolute Gasteiger partial charge is 0.329 e. The molecule has 0 unspecified atom stereocenters. The Bertz CT molecular complexity index is 1330. The Kier molecular flexibility index (Phi) is 10.1. The van der Waals surface area contributed by atoms with Crippen LogP contribution in [0.4, 0.5) is 11.4 Å². The van der Waals surface area contributed by atoms with E-state index in [4.69, 9.17) is 25.8 Å². The van der Waals surface area contributed by atoms with Gasteiger partial charge in [-0.25, -0.2) is 5.43 Å². The first-order valence-corrected chi connectivity index (χ1v) is 11.9. The number of aryl methyl sites for hydroxylation is 1. The van der Waals surface area contributed by atoms with Crippen LogP contribution in [0.15, 0.2) is 65.8 Å². The highest BCUT2D eigenvalue weighted by atomic mass is 35.5. The van der Waals surface area contributed by atoms with Crippen molar-refractivity contribution >= 4 is 46.9 Å². The molecule has 3 rings (SSSR count). The SMILES string of the molecule is CCOc1ccccc1NC(=O)C(=O)N/N=C\c1cc(Cl)c(OCC(=O)Nc2ccc(C)cc2)c(OC)c1. The number of carbonyl (C=O) groups is 3. The summed E-state index contributed by atoms with van der Waals surface area (Å²) in [5.41, 5.74) is 4.68. The van der Waals surface area contributed by atoms with Crippen molar-refractivity contribution in [2.45, 2.75) is 13.8 Å². The number of para-hydroxylation sites is 2. The summed E-state index contributed by atoms with van der Waals surface area (Å²) < 4.78 is 16.3. The summed E-state index contributed by atoms with van der Waals surface area (Å²) in [5, 5.41) is 9.17. The van der Waals surface area contributed by atoms with Crippen molar-refractivity contribution in [3.8, 4) is 17.2 Å². The first-order chi connectivity index (χ1) is 18.3. The quantitative estimate of drug-likeness (QED) is 0.202. The first-order valence-electron chi connectivity index (χ1n) is 11.5. The molecular weight excluding hydrogens is 512 g/mol. The lowest BCUT2D eigenvalue weighted by atomic mass is 10.2. The second-order valence-electron chi connectivity index (χ2n) is 7.82. The van der Waals surface area contributed by atoms with Crippen LogP contribution in [0.5, 0.6) is 17.2 Å². The molecule has 0 aliphatic carbocycles. The van der Waals surface area contributed by atoms with Gasteiger partial charge in [0.2, 0.25) is 0 Å². The third kappa shape index (κ3) is 7.97. The Morgan fingerprint density at radius 3 is 2.39 bits per heavy atom. The van der Waals surface area contributed by atoms with Crippen LogP contribution in [0.25, 0.3) is 0 Å². The van der Waals surface area contributed by atoms with Gasteiger partial charge in [-0.05, 0) is 55.8 Å². The largest absolute Gasteiger partial charge is 0.493 e. The predicted molar refractivity (Wildman–Crippen MR) is 145 cm³/mol. The second-order valence-corrected chi connectivity index (χ2v) is 8.23. The van der Waals surface area contributed by atoms with E-state index >= 15 is 0 Å². The van der Waals surface area contributed by atoms with E-state index in [0.717, 1.165) is 5.56 Å². The third-order valence-corrected chi connectivity index (χ3v) is 5.24. The van der Waals surface area contributed by atoms with E-state index in [0.29, 0.717) is 29.3 Å². The number of hydrogen-bond acceptors (Lipinski definition) is 7. The van der Waals surface area contributed by atoms with Gasteiger partial charge in [-0.2, -0.15) is 5.10 Å². The molecule has 0 radical (unpaired) electrons. The number of rotatable bonds is 10. The van der Waals surface area contributed by atoms with Gasteiger partial charge in [-0.1, -0.05) is 41.4 Å². The highest BCUT2D eigenvalue weighted by Crippen LogP contribution is 2.36. The normalized spacial score (nSPS) is 10.5. The lowest BCUT2D eigenvalue weighted by Gasteiger charge is -2.13. The van der Waals surface area contributed by atoms with Crippen LogP contribution in [0.3, 0.4) is 0 Å². The van der Waals surface area contributed by atoms with Crippen molar-refractivity contribution in [1.29, 1.82) is 0 Å². The van der Waals surface area contributed by atoms with Crippen molar-refractivity contribution in [2.24, 2.45) is 5.10 Å². The van der Waals surface area contributed by atoms with Gasteiger partial charge in [0.25, 0.3) is 5.91 Å². The van der Waals surface area contributed by atoms with E-state index < -0.39 is 11.8 Å². The molecule has 10 nitrogen and oxygen atoms in total. The Balaban J connectivity index is 1.58. The summed E-state index contributed by atoms with van der Waals surface area (Å²) in [5.74, 6) is -1.41. The Morgan fingerprint density at radius 1 is 0.947 bits per heavy atom. The number of ether oxygens (including phenoxy) is 3. The van der Waals surface area contributed by atoms with Crippen molar-refractivity contribution < 1.29 is 28.6 Å². The lowest BCUT2D eigenvalue weighted by molar-refractivity contribution is -0.136. The van der Waals surface area contributed by atoms with E-state index in [9.17, 15) is 14.4 Å². The van der Waals surface area contributed by atoms with Gasteiger partial charge in [0.05, 0.1) is 30.6 Å². The summed E-state index contributed by atoms with van der Waals surface area (Å²) in [6.07, 6.45) is 1.28. The summed E-state index contributed by atoms with van der Waals surface area (Å²) in [7, 11) is 1.41. The zero-order chi connectivity index (χ0) is 27.5. The number of amides is 3. The minimum absolute atomic E-state index is 0.158. The van der Waals surface area contributed by atoms with E-state index in [1.807, 2.05) is 26.0 Å². The highest BCUT2D eigenvalue weighted by Gasteiger charge is 2.16. The topological polar surface area (TPSA) is 127 Å². The lowest BCUT2D eigenvalue weighted by Crippen LogP contribution is -2.32. The number of halogens is 1. The summed E-state index contributed by atoms with van der Waals surface area (Å²) in [4.78, 5) is 36.6. The molecule has 198 valence electrons. The fourth-order valence-electron chi connectivity index (χ4n) is 3.17. The Hall–Kier alpha value is -4.57. The van der Waals surface area contributed by atoms with Crippen LogP contribution in [0, 0.1) is 6.92 Å². The summed E-state index contributed by atoms with van der Waals surface area (Å²) in [6, 6.07) is 17.1. The molecule has 3 N–H and O–H groups in total. The minimum atomic E-state index is -0.981. The molecule has 0 heterocycles. The fraction of sp³-hybridized carbons (Fsp3) is 0.185. The molecule has 0 atom stereocenters. The number of anilines is 2. The maximum absolute atomic E-state index is 12.3. The molecule has 3 aromatic rings. The van der Waals surface area contributed by atoms with E-state index in [1.54, 1.807) is 42.5 Å². The number of carbonyl (C=O) groups excluding carboxylic acids is 3. The van der Waals surface area contributed by atoms with E-state index in [-0.39, 0.29) is 29.0 Å². The molecule has 0 fully saturated rings. The molecule has 0 aliphatic heterocycles. The van der Waals surface area contributed by atoms with Crippen LogP contribution in [0.1, 0.15) is 18.1 Å². The van der Waals surface area contributed by atoms with E-state index in [1.165, 1.54) is 19.4 Å². The number of nitrogens with one attached hydrogen (secondary N) is 3. The van der Waals surface area contributed by atoms with Crippen LogP contribution >= 0.6 is 11.6 Å². The third-order valence-electron chi connectivity index (χ3n) is 4.96. The minimum Gasteiger partial charge on any atom is -0.493 e. The van der Waals surface area contributed by atoms with Crippen molar-refractivity contribution in [3.05, 3.63) is 76.8 Å². The zero-order valence-corrected chi connectivity index (χ0v) is 21.8. The standard InChI is InChI=1S/C27H27ClN4O6/c1-4-37-22-8-6-5-7-21(22)31-26(34)27(35)32-29-15-18-13-20(28)25(23(14-18)36-3)38-16-24(33)30-19-11-9-17(2)10-12-19/h5-15H,4,16H2,1-3H3,(H,30,33)(H,31,34)(H,32,35)/b29-15-. The number of benzene rings is 3. The predicted octanol–water partition coefficient (Wildman–Crippen LogP) is 4.16. The maximum atomic E-state index is 12.3. The molecule has 3 amide bonds. The molecule has 0 saturated heterocycles. The molecule has 0 spiro atoms. The number of hydrogen-bond donors (Lipinski definition) is 3. The van der Waals surface area contributed by atoms with Gasteiger partial charge in [0, 0.05) is 5.69 Å². The fourth-order valence-corrected chi connectivity index (χ4v) is 3.45. The average molecular weight is 539 g/mol. The number of hydrazone groups is 1. The average Bonchev–Trinajstić information content (AvgIpc) is 2.90. The molecule has 0 aromatic heterocycles.